The predicted molar refractivity (Wildman–Crippen MR) is 56.2 cm³/mol. The normalized spacial score (nSPS) is 35.1. The van der Waals surface area contributed by atoms with Crippen molar-refractivity contribution in [3.05, 3.63) is 29.6 Å². The minimum atomic E-state index is 0.773. The lowest BCUT2D eigenvalue weighted by atomic mass is 9.89. The van der Waals surface area contributed by atoms with Gasteiger partial charge in [-0.1, -0.05) is 6.07 Å². The van der Waals surface area contributed by atoms with Crippen molar-refractivity contribution < 1.29 is 0 Å². The molecule has 1 aliphatic carbocycles. The fraction of sp³-hybridized carbons (Fsp3) is 0.583. The Hall–Kier alpha value is -0.890. The van der Waals surface area contributed by atoms with Gasteiger partial charge in [0.15, 0.2) is 0 Å². The van der Waals surface area contributed by atoms with Crippen LogP contribution in [-0.4, -0.2) is 17.6 Å². The maximum atomic E-state index is 4.39. The Balaban J connectivity index is 1.86. The van der Waals surface area contributed by atoms with Gasteiger partial charge in [0.05, 0.1) is 0 Å². The molecule has 3 atom stereocenters. The molecule has 1 aromatic rings. The molecule has 1 saturated carbocycles. The zero-order chi connectivity index (χ0) is 9.54. The second kappa shape index (κ2) is 3.06. The van der Waals surface area contributed by atoms with Crippen molar-refractivity contribution in [2.75, 3.05) is 6.54 Å². The Morgan fingerprint density at radius 2 is 2.29 bits per heavy atom. The van der Waals surface area contributed by atoms with E-state index in [-0.39, 0.29) is 0 Å². The first kappa shape index (κ1) is 8.42. The van der Waals surface area contributed by atoms with Crippen molar-refractivity contribution in [3.63, 3.8) is 0 Å². The average Bonchev–Trinajstić information content (AvgIpc) is 2.80. The van der Waals surface area contributed by atoms with E-state index in [0.29, 0.717) is 0 Å². The third kappa shape index (κ3) is 1.25. The third-order valence-electron chi connectivity index (χ3n) is 3.73. The second-order valence-electron chi connectivity index (χ2n) is 4.68. The van der Waals surface area contributed by atoms with E-state index in [1.165, 1.54) is 24.9 Å². The van der Waals surface area contributed by atoms with Crippen LogP contribution in [-0.2, 0) is 0 Å². The van der Waals surface area contributed by atoms with Gasteiger partial charge in [0.2, 0.25) is 0 Å². The summed E-state index contributed by atoms with van der Waals surface area (Å²) in [5.41, 5.74) is 2.57. The van der Waals surface area contributed by atoms with Crippen molar-refractivity contribution in [2.45, 2.75) is 31.7 Å². The number of aromatic nitrogens is 1. The number of fused-ring (bicyclic) bond motifs is 2. The maximum absolute atomic E-state index is 4.39. The van der Waals surface area contributed by atoms with E-state index >= 15 is 0 Å². The van der Waals surface area contributed by atoms with E-state index in [4.69, 9.17) is 0 Å². The summed E-state index contributed by atoms with van der Waals surface area (Å²) in [6.07, 6.45) is 4.76. The Kier molecular flexibility index (Phi) is 1.84. The van der Waals surface area contributed by atoms with Gasteiger partial charge in [0.1, 0.15) is 0 Å². The van der Waals surface area contributed by atoms with Gasteiger partial charge < -0.3 is 5.32 Å². The first-order valence-electron chi connectivity index (χ1n) is 5.49. The lowest BCUT2D eigenvalue weighted by Crippen LogP contribution is -2.28. The molecular weight excluding hydrogens is 172 g/mol. The van der Waals surface area contributed by atoms with E-state index in [9.17, 15) is 0 Å². The summed E-state index contributed by atoms with van der Waals surface area (Å²) in [5, 5.41) is 3.55. The minimum absolute atomic E-state index is 0.773. The molecule has 3 rings (SSSR count). The van der Waals surface area contributed by atoms with Crippen LogP contribution < -0.4 is 5.32 Å². The van der Waals surface area contributed by atoms with E-state index in [1.807, 2.05) is 6.92 Å². The largest absolute Gasteiger partial charge is 0.314 e. The molecule has 2 heteroatoms. The zero-order valence-electron chi connectivity index (χ0n) is 8.53. The zero-order valence-corrected chi connectivity index (χ0v) is 8.53. The van der Waals surface area contributed by atoms with Crippen molar-refractivity contribution in [3.8, 4) is 0 Å². The second-order valence-corrected chi connectivity index (χ2v) is 4.68. The molecule has 2 fully saturated rings. The van der Waals surface area contributed by atoms with Crippen LogP contribution in [0, 0.1) is 12.8 Å². The Bertz CT molecular complexity index is 331. The number of nitrogens with zero attached hydrogens (tertiary/aromatic N) is 1. The molecule has 0 aromatic carbocycles. The molecular formula is C12H16N2. The molecule has 2 bridgehead atoms. The average molecular weight is 188 g/mol. The summed E-state index contributed by atoms with van der Waals surface area (Å²) in [6.45, 7) is 3.26. The van der Waals surface area contributed by atoms with Crippen LogP contribution in [0.1, 0.15) is 30.0 Å². The Morgan fingerprint density at radius 1 is 1.36 bits per heavy atom. The number of piperidine rings is 1. The maximum Gasteiger partial charge on any atom is 0.0372 e. The molecule has 0 amide bonds. The van der Waals surface area contributed by atoms with Gasteiger partial charge in [-0.2, -0.15) is 0 Å². The van der Waals surface area contributed by atoms with E-state index in [1.54, 1.807) is 0 Å². The standard InChI is InChI=1S/C12H16N2/c1-8-2-3-9(6-13-8)12-5-11-4-10(12)7-14-11/h2-3,6,10-12,14H,4-5,7H2,1H3/t10-,11-,12-/m0/s1. The van der Waals surface area contributed by atoms with Gasteiger partial charge >= 0.3 is 0 Å². The SMILES string of the molecule is Cc1ccc([C@@H]2C[C@@H]3C[C@H]2CN3)cn1. The molecule has 1 aromatic heterocycles. The Labute approximate surface area is 84.7 Å². The summed E-state index contributed by atoms with van der Waals surface area (Å²) in [6, 6.07) is 5.17. The van der Waals surface area contributed by atoms with Gasteiger partial charge in [-0.3, -0.25) is 4.98 Å². The number of rotatable bonds is 1. The molecule has 2 heterocycles. The Morgan fingerprint density at radius 3 is 2.86 bits per heavy atom. The van der Waals surface area contributed by atoms with Crippen molar-refractivity contribution in [2.24, 2.45) is 5.92 Å². The van der Waals surface area contributed by atoms with Crippen LogP contribution in [0.4, 0.5) is 0 Å². The molecule has 2 aliphatic rings. The van der Waals surface area contributed by atoms with Crippen LogP contribution in [0.25, 0.3) is 0 Å². The van der Waals surface area contributed by atoms with Gasteiger partial charge in [0.25, 0.3) is 0 Å². The first-order valence-corrected chi connectivity index (χ1v) is 5.49. The number of aryl methyl sites for hydroxylation is 1. The van der Waals surface area contributed by atoms with Gasteiger partial charge in [-0.05, 0) is 49.8 Å². The predicted octanol–water partition coefficient (Wildman–Crippen LogP) is 1.86. The summed E-state index contributed by atoms with van der Waals surface area (Å²) >= 11 is 0. The molecule has 14 heavy (non-hydrogen) atoms. The van der Waals surface area contributed by atoms with E-state index in [2.05, 4.69) is 28.6 Å². The summed E-state index contributed by atoms with van der Waals surface area (Å²) < 4.78 is 0. The first-order chi connectivity index (χ1) is 6.83. The quantitative estimate of drug-likeness (QED) is 0.727. The van der Waals surface area contributed by atoms with Crippen LogP contribution in [0.5, 0.6) is 0 Å². The lowest BCUT2D eigenvalue weighted by molar-refractivity contribution is 0.440. The highest BCUT2D eigenvalue weighted by molar-refractivity contribution is 5.22. The summed E-state index contributed by atoms with van der Waals surface area (Å²) in [7, 11) is 0. The van der Waals surface area contributed by atoms with Gasteiger partial charge in [0, 0.05) is 17.9 Å². The van der Waals surface area contributed by atoms with Crippen LogP contribution in [0.15, 0.2) is 18.3 Å². The van der Waals surface area contributed by atoms with E-state index < -0.39 is 0 Å². The topological polar surface area (TPSA) is 24.9 Å². The third-order valence-corrected chi connectivity index (χ3v) is 3.73. The number of hydrogen-bond donors (Lipinski definition) is 1. The van der Waals surface area contributed by atoms with Crippen LogP contribution in [0.3, 0.4) is 0 Å². The van der Waals surface area contributed by atoms with Gasteiger partial charge in [-0.25, -0.2) is 0 Å². The molecule has 2 nitrogen and oxygen atoms in total. The summed E-state index contributed by atoms with van der Waals surface area (Å²) in [5.74, 6) is 1.64. The molecule has 1 saturated heterocycles. The van der Waals surface area contributed by atoms with Crippen LogP contribution >= 0.6 is 0 Å². The highest BCUT2D eigenvalue weighted by Gasteiger charge is 2.39. The lowest BCUT2D eigenvalue weighted by Gasteiger charge is -2.22. The monoisotopic (exact) mass is 188 g/mol. The minimum Gasteiger partial charge on any atom is -0.314 e. The molecule has 0 radical (unpaired) electrons. The number of pyridine rings is 1. The molecule has 1 N–H and O–H groups in total. The highest BCUT2D eigenvalue weighted by atomic mass is 15.0. The number of nitrogens with one attached hydrogen (secondary N) is 1. The van der Waals surface area contributed by atoms with Crippen LogP contribution in [0.2, 0.25) is 0 Å². The smallest absolute Gasteiger partial charge is 0.0372 e. The molecule has 74 valence electrons. The van der Waals surface area contributed by atoms with Crippen molar-refractivity contribution in [1.29, 1.82) is 0 Å². The fourth-order valence-corrected chi connectivity index (χ4v) is 2.94. The van der Waals surface area contributed by atoms with Crippen molar-refractivity contribution in [1.82, 2.24) is 10.3 Å². The van der Waals surface area contributed by atoms with E-state index in [0.717, 1.165) is 23.6 Å². The van der Waals surface area contributed by atoms with Gasteiger partial charge in [-0.15, -0.1) is 0 Å². The molecule has 1 aliphatic heterocycles. The fourth-order valence-electron chi connectivity index (χ4n) is 2.94. The molecule has 0 spiro atoms. The number of hydrogen-bond acceptors (Lipinski definition) is 2. The summed E-state index contributed by atoms with van der Waals surface area (Å²) in [4.78, 5) is 4.39. The molecule has 0 unspecified atom stereocenters. The van der Waals surface area contributed by atoms with Crippen molar-refractivity contribution >= 4 is 0 Å². The highest BCUT2D eigenvalue weighted by Crippen LogP contribution is 2.42.